The maximum absolute atomic E-state index is 12.9. The average molecular weight is 400 g/mol. The lowest BCUT2D eigenvalue weighted by Crippen LogP contribution is -2.21. The van der Waals surface area contributed by atoms with Crippen molar-refractivity contribution in [2.45, 2.75) is 26.2 Å². The Morgan fingerprint density at radius 1 is 1.07 bits per heavy atom. The normalized spacial score (nSPS) is 12.6. The van der Waals surface area contributed by atoms with Gasteiger partial charge in [-0.15, -0.1) is 0 Å². The molecule has 0 radical (unpaired) electrons. The molecule has 28 heavy (non-hydrogen) atoms. The zero-order chi connectivity index (χ0) is 20.3. The monoisotopic (exact) mass is 400 g/mol. The third-order valence-corrected chi connectivity index (χ3v) is 5.53. The van der Waals surface area contributed by atoms with Crippen molar-refractivity contribution >= 4 is 26.9 Å². The SMILES string of the molecule is CCS(=O)(=O)Oc1c(C(CC(C)=O)c2ccccc2)c(=O)oc2ccccc12. The van der Waals surface area contributed by atoms with Crippen LogP contribution in [0.15, 0.2) is 63.8 Å². The molecule has 7 heteroatoms. The van der Waals surface area contributed by atoms with Gasteiger partial charge in [0.1, 0.15) is 11.4 Å². The molecule has 0 N–H and O–H groups in total. The maximum atomic E-state index is 12.9. The molecule has 0 fully saturated rings. The first-order valence-corrected chi connectivity index (χ1v) is 10.4. The molecule has 0 aliphatic carbocycles. The van der Waals surface area contributed by atoms with E-state index in [9.17, 15) is 18.0 Å². The smallest absolute Gasteiger partial charge is 0.343 e. The van der Waals surface area contributed by atoms with E-state index in [2.05, 4.69) is 0 Å². The summed E-state index contributed by atoms with van der Waals surface area (Å²) in [5.74, 6) is -1.18. The number of Topliss-reactive ketones (excluding diaryl/α,β-unsaturated/α-hetero) is 1. The summed E-state index contributed by atoms with van der Waals surface area (Å²) in [7, 11) is -3.91. The highest BCUT2D eigenvalue weighted by Gasteiger charge is 2.29. The maximum Gasteiger partial charge on any atom is 0.343 e. The number of fused-ring (bicyclic) bond motifs is 1. The predicted molar refractivity (Wildman–Crippen MR) is 106 cm³/mol. The minimum absolute atomic E-state index is 0.00957. The summed E-state index contributed by atoms with van der Waals surface area (Å²) in [5.41, 5.74) is 0.207. The fourth-order valence-corrected chi connectivity index (χ4v) is 3.62. The lowest BCUT2D eigenvalue weighted by Gasteiger charge is -2.19. The van der Waals surface area contributed by atoms with Gasteiger partial charge in [0.25, 0.3) is 0 Å². The minimum atomic E-state index is -3.91. The first-order chi connectivity index (χ1) is 13.3. The van der Waals surface area contributed by atoms with Gasteiger partial charge in [-0.05, 0) is 31.5 Å². The quantitative estimate of drug-likeness (QED) is 0.444. The molecular formula is C21H20O6S. The van der Waals surface area contributed by atoms with E-state index in [0.29, 0.717) is 10.9 Å². The summed E-state index contributed by atoms with van der Waals surface area (Å²) >= 11 is 0. The van der Waals surface area contributed by atoms with E-state index in [-0.39, 0.29) is 34.9 Å². The van der Waals surface area contributed by atoms with Gasteiger partial charge in [0.2, 0.25) is 0 Å². The molecule has 146 valence electrons. The van der Waals surface area contributed by atoms with Crippen LogP contribution in [0.1, 0.15) is 37.3 Å². The van der Waals surface area contributed by atoms with E-state index in [1.807, 2.05) is 6.07 Å². The molecule has 0 saturated heterocycles. The number of hydrogen-bond acceptors (Lipinski definition) is 6. The Kier molecular flexibility index (Phi) is 5.65. The lowest BCUT2D eigenvalue weighted by atomic mass is 9.87. The third kappa shape index (κ3) is 4.14. The second kappa shape index (κ2) is 7.98. The molecule has 1 heterocycles. The predicted octanol–water partition coefficient (Wildman–Crippen LogP) is 3.63. The number of hydrogen-bond donors (Lipinski definition) is 0. The standard InChI is InChI=1S/C21H20O6S/c1-3-28(24,25)27-20-16-11-7-8-12-18(16)26-21(23)19(20)17(13-14(2)22)15-9-5-4-6-10-15/h4-12,17H,3,13H2,1-2H3. The third-order valence-electron chi connectivity index (χ3n) is 4.40. The van der Waals surface area contributed by atoms with Crippen molar-refractivity contribution in [3.8, 4) is 5.75 Å². The molecule has 0 aliphatic heterocycles. The molecule has 0 bridgehead atoms. The Balaban J connectivity index is 2.35. The molecule has 0 amide bonds. The highest BCUT2D eigenvalue weighted by molar-refractivity contribution is 7.87. The van der Waals surface area contributed by atoms with Gasteiger partial charge in [0, 0.05) is 12.3 Å². The Morgan fingerprint density at radius 2 is 1.71 bits per heavy atom. The van der Waals surface area contributed by atoms with Crippen LogP contribution in [0.5, 0.6) is 5.75 Å². The average Bonchev–Trinajstić information content (AvgIpc) is 2.67. The second-order valence-electron chi connectivity index (χ2n) is 6.43. The van der Waals surface area contributed by atoms with E-state index in [1.165, 1.54) is 13.8 Å². The Hall–Kier alpha value is -2.93. The van der Waals surface area contributed by atoms with Crippen LogP contribution in [0.4, 0.5) is 0 Å². The summed E-state index contributed by atoms with van der Waals surface area (Å²) in [6.07, 6.45) is 0.00957. The number of ketones is 1. The zero-order valence-corrected chi connectivity index (χ0v) is 16.4. The van der Waals surface area contributed by atoms with Gasteiger partial charge in [-0.25, -0.2) is 4.79 Å². The zero-order valence-electron chi connectivity index (χ0n) is 15.5. The first kappa shape index (κ1) is 19.8. The van der Waals surface area contributed by atoms with E-state index >= 15 is 0 Å². The molecule has 0 spiro atoms. The van der Waals surface area contributed by atoms with Gasteiger partial charge in [0.15, 0.2) is 5.75 Å². The van der Waals surface area contributed by atoms with Gasteiger partial charge in [-0.3, -0.25) is 4.79 Å². The van der Waals surface area contributed by atoms with Crippen LogP contribution in [0, 0.1) is 0 Å². The topological polar surface area (TPSA) is 90.7 Å². The first-order valence-electron chi connectivity index (χ1n) is 8.84. The number of rotatable bonds is 7. The van der Waals surface area contributed by atoms with Crippen molar-refractivity contribution in [3.05, 3.63) is 76.1 Å². The van der Waals surface area contributed by atoms with Crippen molar-refractivity contribution in [1.82, 2.24) is 0 Å². The highest BCUT2D eigenvalue weighted by atomic mass is 32.2. The molecule has 1 unspecified atom stereocenters. The van der Waals surface area contributed by atoms with Gasteiger partial charge < -0.3 is 8.60 Å². The molecular weight excluding hydrogens is 380 g/mol. The molecule has 0 saturated carbocycles. The summed E-state index contributed by atoms with van der Waals surface area (Å²) in [6.45, 7) is 2.87. The van der Waals surface area contributed by atoms with Crippen molar-refractivity contribution in [2.24, 2.45) is 0 Å². The Bertz CT molecular complexity index is 1160. The fourth-order valence-electron chi connectivity index (χ4n) is 3.07. The lowest BCUT2D eigenvalue weighted by molar-refractivity contribution is -0.117. The molecule has 1 aromatic heterocycles. The van der Waals surface area contributed by atoms with Crippen molar-refractivity contribution in [1.29, 1.82) is 0 Å². The van der Waals surface area contributed by atoms with Crippen LogP contribution in [0.2, 0.25) is 0 Å². The van der Waals surface area contributed by atoms with E-state index in [4.69, 9.17) is 8.60 Å². The minimum Gasteiger partial charge on any atom is -0.422 e. The summed E-state index contributed by atoms with van der Waals surface area (Å²) < 4.78 is 35.3. The largest absolute Gasteiger partial charge is 0.422 e. The summed E-state index contributed by atoms with van der Waals surface area (Å²) in [6, 6.07) is 15.5. The molecule has 0 aliphatic rings. The van der Waals surface area contributed by atoms with Crippen LogP contribution in [0.25, 0.3) is 11.0 Å². The van der Waals surface area contributed by atoms with E-state index < -0.39 is 21.7 Å². The van der Waals surface area contributed by atoms with Gasteiger partial charge in [0.05, 0.1) is 16.7 Å². The van der Waals surface area contributed by atoms with Gasteiger partial charge in [-0.2, -0.15) is 8.42 Å². The van der Waals surface area contributed by atoms with Crippen molar-refractivity contribution in [3.63, 3.8) is 0 Å². The van der Waals surface area contributed by atoms with Crippen LogP contribution >= 0.6 is 0 Å². The van der Waals surface area contributed by atoms with Crippen LogP contribution in [-0.4, -0.2) is 20.0 Å². The van der Waals surface area contributed by atoms with Crippen molar-refractivity contribution in [2.75, 3.05) is 5.75 Å². The summed E-state index contributed by atoms with van der Waals surface area (Å²) in [5, 5.41) is 0.360. The number of carbonyl (C=O) groups is 1. The second-order valence-corrected chi connectivity index (χ2v) is 8.29. The molecule has 6 nitrogen and oxygen atoms in total. The number of carbonyl (C=O) groups excluding carboxylic acids is 1. The molecule has 1 atom stereocenters. The van der Waals surface area contributed by atoms with E-state index in [1.54, 1.807) is 48.5 Å². The van der Waals surface area contributed by atoms with Crippen molar-refractivity contribution < 1.29 is 21.8 Å². The van der Waals surface area contributed by atoms with Crippen LogP contribution in [-0.2, 0) is 14.9 Å². The van der Waals surface area contributed by atoms with E-state index in [0.717, 1.165) is 0 Å². The fraction of sp³-hybridized carbons (Fsp3) is 0.238. The number of para-hydroxylation sites is 1. The Labute approximate surface area is 162 Å². The molecule has 3 aromatic rings. The van der Waals surface area contributed by atoms with Crippen LogP contribution in [0.3, 0.4) is 0 Å². The molecule has 2 aromatic carbocycles. The number of benzene rings is 2. The summed E-state index contributed by atoms with van der Waals surface area (Å²) in [4.78, 5) is 24.8. The Morgan fingerprint density at radius 3 is 2.36 bits per heavy atom. The van der Waals surface area contributed by atoms with Gasteiger partial charge in [-0.1, -0.05) is 42.5 Å². The molecule has 3 rings (SSSR count). The van der Waals surface area contributed by atoms with Crippen LogP contribution < -0.4 is 9.81 Å². The van der Waals surface area contributed by atoms with Gasteiger partial charge >= 0.3 is 15.7 Å². The highest BCUT2D eigenvalue weighted by Crippen LogP contribution is 2.37.